The Hall–Kier alpha value is -0.570. The van der Waals surface area contributed by atoms with Crippen molar-refractivity contribution in [3.8, 4) is 0 Å². The smallest absolute Gasteiger partial charge is 0.324 e. The largest absolute Gasteiger partial charge is 0.480 e. The molecule has 0 amide bonds. The van der Waals surface area contributed by atoms with E-state index in [1.54, 1.807) is 0 Å². The first-order chi connectivity index (χ1) is 8.17. The van der Waals surface area contributed by atoms with Crippen LogP contribution in [-0.4, -0.2) is 34.6 Å². The van der Waals surface area contributed by atoms with E-state index < -0.39 is 11.5 Å². The van der Waals surface area contributed by atoms with Crippen LogP contribution in [0.15, 0.2) is 0 Å². The van der Waals surface area contributed by atoms with Gasteiger partial charge in [-0.3, -0.25) is 9.69 Å². The van der Waals surface area contributed by atoms with Crippen molar-refractivity contribution in [1.82, 2.24) is 4.90 Å². The van der Waals surface area contributed by atoms with Gasteiger partial charge in [0.05, 0.1) is 0 Å². The van der Waals surface area contributed by atoms with Crippen molar-refractivity contribution in [3.05, 3.63) is 0 Å². The summed E-state index contributed by atoms with van der Waals surface area (Å²) in [6, 6.07) is 0. The van der Waals surface area contributed by atoms with Crippen LogP contribution < -0.4 is 0 Å². The van der Waals surface area contributed by atoms with Crippen LogP contribution in [0, 0.1) is 0 Å². The molecule has 1 aliphatic rings. The summed E-state index contributed by atoms with van der Waals surface area (Å²) < 4.78 is 0. The van der Waals surface area contributed by atoms with Gasteiger partial charge in [-0.2, -0.15) is 0 Å². The van der Waals surface area contributed by atoms with Gasteiger partial charge >= 0.3 is 5.97 Å². The fraction of sp³-hybridized carbons (Fsp3) is 0.929. The predicted octanol–water partition coefficient (Wildman–Crippen LogP) is 3.29. The number of nitrogens with zero attached hydrogens (tertiary/aromatic N) is 1. The highest BCUT2D eigenvalue weighted by atomic mass is 16.4. The van der Waals surface area contributed by atoms with Crippen molar-refractivity contribution in [2.24, 2.45) is 0 Å². The molecule has 0 aromatic carbocycles. The zero-order chi connectivity index (χ0) is 12.7. The molecule has 0 aromatic heterocycles. The first kappa shape index (κ1) is 14.5. The lowest BCUT2D eigenvalue weighted by Gasteiger charge is -2.39. The number of carboxylic acid groups (broad SMARTS) is 1. The minimum absolute atomic E-state index is 0.597. The summed E-state index contributed by atoms with van der Waals surface area (Å²) in [7, 11) is 0. The summed E-state index contributed by atoms with van der Waals surface area (Å²) in [5, 5.41) is 9.65. The summed E-state index contributed by atoms with van der Waals surface area (Å²) in [6.45, 7) is 6.08. The molecule has 0 aromatic rings. The minimum Gasteiger partial charge on any atom is -0.480 e. The molecule has 0 radical (unpaired) electrons. The van der Waals surface area contributed by atoms with Gasteiger partial charge < -0.3 is 5.11 Å². The second kappa shape index (κ2) is 7.00. The number of carbonyl (C=O) groups is 1. The second-order valence-electron chi connectivity index (χ2n) is 5.20. The summed E-state index contributed by atoms with van der Waals surface area (Å²) in [5.74, 6) is -0.615. The van der Waals surface area contributed by atoms with Gasteiger partial charge in [0.15, 0.2) is 0 Å². The van der Waals surface area contributed by atoms with E-state index in [4.69, 9.17) is 0 Å². The topological polar surface area (TPSA) is 40.5 Å². The minimum atomic E-state index is -0.615. The summed E-state index contributed by atoms with van der Waals surface area (Å²) >= 11 is 0. The van der Waals surface area contributed by atoms with Crippen molar-refractivity contribution in [2.45, 2.75) is 70.8 Å². The Morgan fingerprint density at radius 1 is 1.18 bits per heavy atom. The van der Waals surface area contributed by atoms with Crippen LogP contribution in [0.25, 0.3) is 0 Å². The lowest BCUT2D eigenvalue weighted by atomic mass is 9.87. The lowest BCUT2D eigenvalue weighted by molar-refractivity contribution is -0.153. The summed E-state index contributed by atoms with van der Waals surface area (Å²) in [6.07, 6.45) is 8.42. The van der Waals surface area contributed by atoms with Crippen LogP contribution in [-0.2, 0) is 4.79 Å². The van der Waals surface area contributed by atoms with Crippen LogP contribution in [0.3, 0.4) is 0 Å². The third-order valence-corrected chi connectivity index (χ3v) is 4.14. The predicted molar refractivity (Wildman–Crippen MR) is 70.2 cm³/mol. The third kappa shape index (κ3) is 3.44. The molecule has 0 bridgehead atoms. The highest BCUT2D eigenvalue weighted by Crippen LogP contribution is 2.29. The SMILES string of the molecule is CCCCC(CC)(C(=O)O)N1CCCCCC1. The van der Waals surface area contributed by atoms with E-state index >= 15 is 0 Å². The number of hydrogen-bond donors (Lipinski definition) is 1. The Morgan fingerprint density at radius 2 is 1.76 bits per heavy atom. The first-order valence-electron chi connectivity index (χ1n) is 7.16. The summed E-state index contributed by atoms with van der Waals surface area (Å²) in [4.78, 5) is 14.0. The Kier molecular flexibility index (Phi) is 5.96. The van der Waals surface area contributed by atoms with Gasteiger partial charge in [-0.15, -0.1) is 0 Å². The fourth-order valence-electron chi connectivity index (χ4n) is 2.92. The van der Waals surface area contributed by atoms with Crippen LogP contribution in [0.4, 0.5) is 0 Å². The Labute approximate surface area is 105 Å². The van der Waals surface area contributed by atoms with Gasteiger partial charge in [-0.1, -0.05) is 39.5 Å². The molecule has 3 nitrogen and oxygen atoms in total. The van der Waals surface area contributed by atoms with Crippen molar-refractivity contribution < 1.29 is 9.90 Å². The van der Waals surface area contributed by atoms with Gasteiger partial charge in [0, 0.05) is 0 Å². The fourth-order valence-corrected chi connectivity index (χ4v) is 2.92. The molecule has 1 saturated heterocycles. The molecule has 1 rings (SSSR count). The number of rotatable bonds is 6. The average molecular weight is 241 g/mol. The van der Waals surface area contributed by atoms with Crippen LogP contribution >= 0.6 is 0 Å². The average Bonchev–Trinajstić information content (AvgIpc) is 2.59. The van der Waals surface area contributed by atoms with E-state index in [9.17, 15) is 9.90 Å². The van der Waals surface area contributed by atoms with Gasteiger partial charge in [0.2, 0.25) is 0 Å². The molecule has 3 heteroatoms. The zero-order valence-electron chi connectivity index (χ0n) is 11.4. The molecule has 0 saturated carbocycles. The highest BCUT2D eigenvalue weighted by molar-refractivity contribution is 5.78. The molecular formula is C14H27NO2. The van der Waals surface area contributed by atoms with Gasteiger partial charge in [-0.25, -0.2) is 0 Å². The number of hydrogen-bond acceptors (Lipinski definition) is 2. The van der Waals surface area contributed by atoms with Gasteiger partial charge in [0.25, 0.3) is 0 Å². The van der Waals surface area contributed by atoms with E-state index in [0.717, 1.165) is 51.6 Å². The van der Waals surface area contributed by atoms with Crippen molar-refractivity contribution in [1.29, 1.82) is 0 Å². The second-order valence-corrected chi connectivity index (χ2v) is 5.20. The van der Waals surface area contributed by atoms with Crippen LogP contribution in [0.1, 0.15) is 65.2 Å². The van der Waals surface area contributed by atoms with E-state index in [0.29, 0.717) is 0 Å². The van der Waals surface area contributed by atoms with Gasteiger partial charge in [0.1, 0.15) is 5.54 Å². The van der Waals surface area contributed by atoms with Crippen molar-refractivity contribution >= 4 is 5.97 Å². The molecule has 1 fully saturated rings. The van der Waals surface area contributed by atoms with Gasteiger partial charge in [-0.05, 0) is 38.8 Å². The Balaban J connectivity index is 2.81. The molecule has 1 aliphatic heterocycles. The maximum atomic E-state index is 11.7. The normalized spacial score (nSPS) is 21.8. The molecule has 1 heterocycles. The van der Waals surface area contributed by atoms with Crippen molar-refractivity contribution in [3.63, 3.8) is 0 Å². The molecular weight excluding hydrogens is 214 g/mol. The molecule has 100 valence electrons. The number of unbranched alkanes of at least 4 members (excludes halogenated alkanes) is 1. The number of carboxylic acids is 1. The lowest BCUT2D eigenvalue weighted by Crippen LogP contribution is -2.54. The standard InChI is InChI=1S/C14H27NO2/c1-3-5-10-14(4-2,13(16)17)15-11-8-6-7-9-12-15/h3-12H2,1-2H3,(H,16,17). The number of aliphatic carboxylic acids is 1. The van der Waals surface area contributed by atoms with E-state index in [-0.39, 0.29) is 0 Å². The quantitative estimate of drug-likeness (QED) is 0.775. The highest BCUT2D eigenvalue weighted by Gasteiger charge is 2.41. The molecule has 1 N–H and O–H groups in total. The monoisotopic (exact) mass is 241 g/mol. The maximum absolute atomic E-state index is 11.7. The first-order valence-corrected chi connectivity index (χ1v) is 7.16. The molecule has 0 aliphatic carbocycles. The van der Waals surface area contributed by atoms with Crippen LogP contribution in [0.2, 0.25) is 0 Å². The third-order valence-electron chi connectivity index (χ3n) is 4.14. The molecule has 1 unspecified atom stereocenters. The Morgan fingerprint density at radius 3 is 2.18 bits per heavy atom. The van der Waals surface area contributed by atoms with E-state index in [1.807, 2.05) is 6.92 Å². The van der Waals surface area contributed by atoms with E-state index in [2.05, 4.69) is 11.8 Å². The molecule has 17 heavy (non-hydrogen) atoms. The van der Waals surface area contributed by atoms with Crippen molar-refractivity contribution in [2.75, 3.05) is 13.1 Å². The van der Waals surface area contributed by atoms with E-state index in [1.165, 1.54) is 12.8 Å². The maximum Gasteiger partial charge on any atom is 0.324 e. The zero-order valence-corrected chi connectivity index (χ0v) is 11.4. The Bertz CT molecular complexity index is 234. The van der Waals surface area contributed by atoms with Crippen LogP contribution in [0.5, 0.6) is 0 Å². The molecule has 1 atom stereocenters. The number of likely N-dealkylation sites (tertiary alicyclic amines) is 1. The summed E-state index contributed by atoms with van der Waals surface area (Å²) in [5.41, 5.74) is -0.597. The molecule has 0 spiro atoms.